The van der Waals surface area contributed by atoms with E-state index in [9.17, 15) is 5.11 Å². The second kappa shape index (κ2) is 7.27. The maximum atomic E-state index is 9.30. The molecule has 1 aliphatic rings. The first-order chi connectivity index (χ1) is 9.24. The molecule has 2 N–H and O–H groups in total. The molecule has 1 aliphatic carbocycles. The van der Waals surface area contributed by atoms with Crippen LogP contribution in [0.15, 0.2) is 22.7 Å². The standard InChI is InChI=1S/C15H22BrNO2/c1-19-15-6-5-11(7-14(15)16)8-17-9-12-3-2-4-13(12)10-18/h5-7,12-13,17-18H,2-4,8-10H2,1H3. The van der Waals surface area contributed by atoms with Gasteiger partial charge < -0.3 is 15.2 Å². The molecule has 1 aromatic carbocycles. The number of hydrogen-bond acceptors (Lipinski definition) is 3. The van der Waals surface area contributed by atoms with Crippen LogP contribution in [-0.2, 0) is 6.54 Å². The molecule has 0 saturated heterocycles. The van der Waals surface area contributed by atoms with Gasteiger partial charge in [-0.2, -0.15) is 0 Å². The Morgan fingerprint density at radius 2 is 2.16 bits per heavy atom. The molecular formula is C15H22BrNO2. The van der Waals surface area contributed by atoms with E-state index in [0.29, 0.717) is 18.4 Å². The fourth-order valence-electron chi connectivity index (χ4n) is 2.84. The molecule has 0 heterocycles. The Kier molecular flexibility index (Phi) is 5.67. The van der Waals surface area contributed by atoms with Crippen molar-refractivity contribution in [3.8, 4) is 5.75 Å². The fourth-order valence-corrected chi connectivity index (χ4v) is 3.43. The molecule has 1 fully saturated rings. The predicted molar refractivity (Wildman–Crippen MR) is 80.3 cm³/mol. The molecule has 2 atom stereocenters. The number of methoxy groups -OCH3 is 1. The van der Waals surface area contributed by atoms with Crippen LogP contribution in [0.5, 0.6) is 5.75 Å². The summed E-state index contributed by atoms with van der Waals surface area (Å²) in [6.07, 6.45) is 3.67. The van der Waals surface area contributed by atoms with Gasteiger partial charge in [0.15, 0.2) is 0 Å². The monoisotopic (exact) mass is 327 g/mol. The van der Waals surface area contributed by atoms with Gasteiger partial charge in [0.1, 0.15) is 5.75 Å². The zero-order valence-electron chi connectivity index (χ0n) is 11.4. The number of aliphatic hydroxyl groups is 1. The second-order valence-corrected chi connectivity index (χ2v) is 6.09. The van der Waals surface area contributed by atoms with E-state index >= 15 is 0 Å². The highest BCUT2D eigenvalue weighted by molar-refractivity contribution is 9.10. The van der Waals surface area contributed by atoms with Gasteiger partial charge in [-0.25, -0.2) is 0 Å². The Bertz CT molecular complexity index is 411. The van der Waals surface area contributed by atoms with E-state index in [-0.39, 0.29) is 0 Å². The van der Waals surface area contributed by atoms with Gasteiger partial charge in [-0.3, -0.25) is 0 Å². The minimum absolute atomic E-state index is 0.334. The summed E-state index contributed by atoms with van der Waals surface area (Å²) in [7, 11) is 1.67. The van der Waals surface area contributed by atoms with Crippen molar-refractivity contribution in [1.29, 1.82) is 0 Å². The second-order valence-electron chi connectivity index (χ2n) is 5.23. The smallest absolute Gasteiger partial charge is 0.133 e. The van der Waals surface area contributed by atoms with E-state index in [4.69, 9.17) is 4.74 Å². The van der Waals surface area contributed by atoms with Gasteiger partial charge in [0.2, 0.25) is 0 Å². The lowest BCUT2D eigenvalue weighted by Gasteiger charge is -2.18. The molecule has 19 heavy (non-hydrogen) atoms. The van der Waals surface area contributed by atoms with Crippen LogP contribution in [0.25, 0.3) is 0 Å². The van der Waals surface area contributed by atoms with E-state index in [1.54, 1.807) is 7.11 Å². The zero-order valence-corrected chi connectivity index (χ0v) is 12.9. The molecule has 2 rings (SSSR count). The highest BCUT2D eigenvalue weighted by Crippen LogP contribution is 2.30. The van der Waals surface area contributed by atoms with Crippen LogP contribution in [0.4, 0.5) is 0 Å². The van der Waals surface area contributed by atoms with Crippen molar-refractivity contribution < 1.29 is 9.84 Å². The third-order valence-electron chi connectivity index (χ3n) is 4.00. The van der Waals surface area contributed by atoms with E-state index in [2.05, 4.69) is 33.4 Å². The number of nitrogens with one attached hydrogen (secondary N) is 1. The summed E-state index contributed by atoms with van der Waals surface area (Å²) in [5, 5.41) is 12.8. The minimum atomic E-state index is 0.334. The number of benzene rings is 1. The van der Waals surface area contributed by atoms with Crippen LogP contribution in [0.2, 0.25) is 0 Å². The number of aliphatic hydroxyl groups excluding tert-OH is 1. The molecule has 0 spiro atoms. The van der Waals surface area contributed by atoms with Crippen molar-refractivity contribution >= 4 is 15.9 Å². The van der Waals surface area contributed by atoms with Gasteiger partial charge in [-0.15, -0.1) is 0 Å². The summed E-state index contributed by atoms with van der Waals surface area (Å²) in [4.78, 5) is 0. The molecule has 0 amide bonds. The van der Waals surface area contributed by atoms with Gasteiger partial charge in [0.05, 0.1) is 11.6 Å². The molecule has 0 aliphatic heterocycles. The van der Waals surface area contributed by atoms with Crippen LogP contribution in [0.1, 0.15) is 24.8 Å². The molecule has 106 valence electrons. The van der Waals surface area contributed by atoms with Crippen molar-refractivity contribution in [2.75, 3.05) is 20.3 Å². The average Bonchev–Trinajstić information content (AvgIpc) is 2.86. The van der Waals surface area contributed by atoms with E-state index < -0.39 is 0 Å². The van der Waals surface area contributed by atoms with Gasteiger partial charge in [0, 0.05) is 13.2 Å². The van der Waals surface area contributed by atoms with Crippen molar-refractivity contribution in [2.24, 2.45) is 11.8 Å². The van der Waals surface area contributed by atoms with Crippen LogP contribution in [0, 0.1) is 11.8 Å². The lowest BCUT2D eigenvalue weighted by Crippen LogP contribution is -2.26. The zero-order chi connectivity index (χ0) is 13.7. The van der Waals surface area contributed by atoms with E-state index in [1.165, 1.54) is 24.8 Å². The fraction of sp³-hybridized carbons (Fsp3) is 0.600. The Morgan fingerprint density at radius 3 is 2.84 bits per heavy atom. The lowest BCUT2D eigenvalue weighted by molar-refractivity contribution is 0.192. The first-order valence-corrected chi connectivity index (χ1v) is 7.68. The summed E-state index contributed by atoms with van der Waals surface area (Å²) in [5.74, 6) is 1.99. The van der Waals surface area contributed by atoms with Gasteiger partial charge >= 0.3 is 0 Å². The number of rotatable bonds is 6. The third-order valence-corrected chi connectivity index (χ3v) is 4.62. The number of halogens is 1. The lowest BCUT2D eigenvalue weighted by atomic mass is 9.97. The van der Waals surface area contributed by atoms with Gasteiger partial charge in [-0.1, -0.05) is 12.5 Å². The number of ether oxygens (including phenoxy) is 1. The van der Waals surface area contributed by atoms with Gasteiger partial charge in [-0.05, 0) is 64.8 Å². The van der Waals surface area contributed by atoms with E-state index in [1.807, 2.05) is 6.07 Å². The molecule has 0 bridgehead atoms. The third kappa shape index (κ3) is 3.94. The Balaban J connectivity index is 1.81. The molecule has 1 saturated carbocycles. The molecule has 0 aromatic heterocycles. The quantitative estimate of drug-likeness (QED) is 0.844. The number of hydrogen-bond donors (Lipinski definition) is 2. The summed E-state index contributed by atoms with van der Waals surface area (Å²) in [6.45, 7) is 2.19. The molecule has 2 unspecified atom stereocenters. The van der Waals surface area contributed by atoms with Crippen molar-refractivity contribution in [1.82, 2.24) is 5.32 Å². The van der Waals surface area contributed by atoms with Crippen LogP contribution >= 0.6 is 15.9 Å². The summed E-state index contributed by atoms with van der Waals surface area (Å²) in [6, 6.07) is 6.14. The molecular weight excluding hydrogens is 306 g/mol. The molecule has 3 nitrogen and oxygen atoms in total. The maximum absolute atomic E-state index is 9.30. The first kappa shape index (κ1) is 14.8. The molecule has 1 aromatic rings. The van der Waals surface area contributed by atoms with Crippen molar-refractivity contribution in [3.63, 3.8) is 0 Å². The Hall–Kier alpha value is -0.580. The Morgan fingerprint density at radius 1 is 1.37 bits per heavy atom. The minimum Gasteiger partial charge on any atom is -0.496 e. The first-order valence-electron chi connectivity index (χ1n) is 6.88. The molecule has 4 heteroatoms. The highest BCUT2D eigenvalue weighted by Gasteiger charge is 2.25. The highest BCUT2D eigenvalue weighted by atomic mass is 79.9. The normalized spacial score (nSPS) is 22.7. The average molecular weight is 328 g/mol. The van der Waals surface area contributed by atoms with Gasteiger partial charge in [0.25, 0.3) is 0 Å². The van der Waals surface area contributed by atoms with Crippen molar-refractivity contribution in [3.05, 3.63) is 28.2 Å². The summed E-state index contributed by atoms with van der Waals surface area (Å²) in [5.41, 5.74) is 1.24. The largest absolute Gasteiger partial charge is 0.496 e. The maximum Gasteiger partial charge on any atom is 0.133 e. The SMILES string of the molecule is COc1ccc(CNCC2CCCC2CO)cc1Br. The topological polar surface area (TPSA) is 41.5 Å². The Labute approximate surface area is 123 Å². The summed E-state index contributed by atoms with van der Waals surface area (Å²) >= 11 is 3.50. The molecule has 0 radical (unpaired) electrons. The summed E-state index contributed by atoms with van der Waals surface area (Å²) < 4.78 is 6.21. The van der Waals surface area contributed by atoms with Crippen LogP contribution < -0.4 is 10.1 Å². The predicted octanol–water partition coefficient (Wildman–Crippen LogP) is 2.96. The van der Waals surface area contributed by atoms with Crippen LogP contribution in [-0.4, -0.2) is 25.4 Å². The van der Waals surface area contributed by atoms with E-state index in [0.717, 1.165) is 23.3 Å². The van der Waals surface area contributed by atoms with Crippen LogP contribution in [0.3, 0.4) is 0 Å². The van der Waals surface area contributed by atoms with Crippen molar-refractivity contribution in [2.45, 2.75) is 25.8 Å².